The molecule has 0 spiro atoms. The molecular weight excluding hydrogens is 248 g/mol. The van der Waals surface area contributed by atoms with Crippen LogP contribution in [0.25, 0.3) is 0 Å². The van der Waals surface area contributed by atoms with Gasteiger partial charge in [0.1, 0.15) is 11.3 Å². The quantitative estimate of drug-likeness (QED) is 0.632. The van der Waals surface area contributed by atoms with Crippen LogP contribution in [0.3, 0.4) is 0 Å². The number of hydrogen-bond donors (Lipinski definition) is 2. The molecule has 0 aromatic heterocycles. The smallest absolute Gasteiger partial charge is 0.282 e. The second kappa shape index (κ2) is 6.17. The SMILES string of the molecule is CC(C)CC(C)NC(=O)c1cc(O)ccc1[N+](=O)[O-]. The number of nitrogens with zero attached hydrogens (tertiary/aromatic N) is 1. The van der Waals surface area contributed by atoms with Gasteiger partial charge < -0.3 is 10.4 Å². The maximum atomic E-state index is 12.0. The summed E-state index contributed by atoms with van der Waals surface area (Å²) < 4.78 is 0. The third kappa shape index (κ3) is 4.24. The lowest BCUT2D eigenvalue weighted by Crippen LogP contribution is -2.33. The summed E-state index contributed by atoms with van der Waals surface area (Å²) in [6.45, 7) is 5.89. The van der Waals surface area contributed by atoms with Crippen molar-refractivity contribution in [2.75, 3.05) is 0 Å². The van der Waals surface area contributed by atoms with Crippen molar-refractivity contribution < 1.29 is 14.8 Å². The zero-order chi connectivity index (χ0) is 14.6. The van der Waals surface area contributed by atoms with Crippen LogP contribution in [0, 0.1) is 16.0 Å². The Hall–Kier alpha value is -2.11. The molecule has 104 valence electrons. The molecule has 0 aliphatic heterocycles. The van der Waals surface area contributed by atoms with Crippen LogP contribution in [-0.2, 0) is 0 Å². The molecule has 1 aromatic rings. The molecule has 0 aliphatic rings. The number of nitro groups is 1. The molecule has 0 saturated heterocycles. The Morgan fingerprint density at radius 2 is 2.05 bits per heavy atom. The number of carbonyl (C=O) groups is 1. The Morgan fingerprint density at radius 1 is 1.42 bits per heavy atom. The van der Waals surface area contributed by atoms with Crippen molar-refractivity contribution in [3.8, 4) is 5.75 Å². The van der Waals surface area contributed by atoms with E-state index in [0.29, 0.717) is 5.92 Å². The molecule has 1 amide bonds. The van der Waals surface area contributed by atoms with Crippen LogP contribution in [0.5, 0.6) is 5.75 Å². The van der Waals surface area contributed by atoms with Gasteiger partial charge in [-0.2, -0.15) is 0 Å². The van der Waals surface area contributed by atoms with Crippen LogP contribution in [-0.4, -0.2) is 22.0 Å². The number of benzene rings is 1. The molecule has 1 rings (SSSR count). The van der Waals surface area contributed by atoms with Gasteiger partial charge in [-0.3, -0.25) is 14.9 Å². The van der Waals surface area contributed by atoms with Crippen molar-refractivity contribution in [2.45, 2.75) is 33.2 Å². The summed E-state index contributed by atoms with van der Waals surface area (Å²) in [5, 5.41) is 22.9. The molecule has 19 heavy (non-hydrogen) atoms. The highest BCUT2D eigenvalue weighted by molar-refractivity contribution is 5.98. The van der Waals surface area contributed by atoms with Gasteiger partial charge in [0.05, 0.1) is 4.92 Å². The summed E-state index contributed by atoms with van der Waals surface area (Å²) in [5.74, 6) is -0.308. The van der Waals surface area contributed by atoms with E-state index in [2.05, 4.69) is 5.32 Å². The predicted molar refractivity (Wildman–Crippen MR) is 71.1 cm³/mol. The van der Waals surface area contributed by atoms with Crippen LogP contribution in [0.4, 0.5) is 5.69 Å². The molecule has 1 aromatic carbocycles. The molecule has 0 bridgehead atoms. The largest absolute Gasteiger partial charge is 0.508 e. The van der Waals surface area contributed by atoms with Crippen LogP contribution in [0.1, 0.15) is 37.6 Å². The Labute approximate surface area is 111 Å². The molecule has 6 nitrogen and oxygen atoms in total. The number of carbonyl (C=O) groups excluding carboxylic acids is 1. The average Bonchev–Trinajstić information content (AvgIpc) is 2.26. The third-order valence-electron chi connectivity index (χ3n) is 2.62. The van der Waals surface area contributed by atoms with Gasteiger partial charge >= 0.3 is 0 Å². The van der Waals surface area contributed by atoms with E-state index < -0.39 is 10.8 Å². The second-order valence-corrected chi connectivity index (χ2v) is 4.96. The zero-order valence-electron chi connectivity index (χ0n) is 11.2. The highest BCUT2D eigenvalue weighted by Gasteiger charge is 2.22. The molecule has 6 heteroatoms. The van der Waals surface area contributed by atoms with Crippen molar-refractivity contribution >= 4 is 11.6 Å². The van der Waals surface area contributed by atoms with Crippen molar-refractivity contribution in [1.29, 1.82) is 0 Å². The molecule has 1 atom stereocenters. The van der Waals surface area contributed by atoms with Crippen LogP contribution in [0.15, 0.2) is 18.2 Å². The van der Waals surface area contributed by atoms with Crippen molar-refractivity contribution in [3.63, 3.8) is 0 Å². The predicted octanol–water partition coefficient (Wildman–Crippen LogP) is 2.46. The first-order valence-corrected chi connectivity index (χ1v) is 6.09. The maximum absolute atomic E-state index is 12.0. The summed E-state index contributed by atoms with van der Waals surface area (Å²) in [5.41, 5.74) is -0.437. The van der Waals surface area contributed by atoms with Crippen LogP contribution < -0.4 is 5.32 Å². The van der Waals surface area contributed by atoms with Gasteiger partial charge in [-0.15, -0.1) is 0 Å². The van der Waals surface area contributed by atoms with Gasteiger partial charge in [-0.25, -0.2) is 0 Å². The fraction of sp³-hybridized carbons (Fsp3) is 0.462. The lowest BCUT2D eigenvalue weighted by Gasteiger charge is -2.16. The minimum Gasteiger partial charge on any atom is -0.508 e. The van der Waals surface area contributed by atoms with E-state index in [9.17, 15) is 20.0 Å². The molecular formula is C13H18N2O4. The first kappa shape index (κ1) is 14.9. The lowest BCUT2D eigenvalue weighted by molar-refractivity contribution is -0.385. The van der Waals surface area contributed by atoms with E-state index in [1.165, 1.54) is 6.07 Å². The standard InChI is InChI=1S/C13H18N2O4/c1-8(2)6-9(3)14-13(17)11-7-10(16)4-5-12(11)15(18)19/h4-5,7-9,16H,6H2,1-3H3,(H,14,17). The first-order chi connectivity index (χ1) is 8.81. The van der Waals surface area contributed by atoms with E-state index in [4.69, 9.17) is 0 Å². The Bertz CT molecular complexity index is 486. The average molecular weight is 266 g/mol. The normalized spacial score (nSPS) is 12.2. The molecule has 0 radical (unpaired) electrons. The molecule has 2 N–H and O–H groups in total. The molecule has 0 aliphatic carbocycles. The molecule has 0 fully saturated rings. The Morgan fingerprint density at radius 3 is 2.58 bits per heavy atom. The van der Waals surface area contributed by atoms with Gasteiger partial charge in [-0.05, 0) is 31.4 Å². The number of nitro benzene ring substituents is 1. The van der Waals surface area contributed by atoms with E-state index >= 15 is 0 Å². The topological polar surface area (TPSA) is 92.5 Å². The van der Waals surface area contributed by atoms with Gasteiger partial charge in [-0.1, -0.05) is 13.8 Å². The third-order valence-corrected chi connectivity index (χ3v) is 2.62. The fourth-order valence-electron chi connectivity index (χ4n) is 1.93. The summed E-state index contributed by atoms with van der Waals surface area (Å²) in [6.07, 6.45) is 0.776. The minimum absolute atomic E-state index is 0.0885. The van der Waals surface area contributed by atoms with Gasteiger partial charge in [0.25, 0.3) is 11.6 Å². The second-order valence-electron chi connectivity index (χ2n) is 4.96. The molecule has 0 heterocycles. The zero-order valence-corrected chi connectivity index (χ0v) is 11.2. The number of nitrogens with one attached hydrogen (secondary N) is 1. The Kier molecular flexibility index (Phi) is 4.86. The minimum atomic E-state index is -0.637. The number of phenols is 1. The van der Waals surface area contributed by atoms with E-state index in [1.807, 2.05) is 20.8 Å². The summed E-state index contributed by atoms with van der Waals surface area (Å²) >= 11 is 0. The van der Waals surface area contributed by atoms with Gasteiger partial charge in [0, 0.05) is 12.1 Å². The van der Waals surface area contributed by atoms with E-state index in [1.54, 1.807) is 0 Å². The maximum Gasteiger partial charge on any atom is 0.282 e. The van der Waals surface area contributed by atoms with Crippen molar-refractivity contribution in [1.82, 2.24) is 5.32 Å². The fourth-order valence-corrected chi connectivity index (χ4v) is 1.93. The highest BCUT2D eigenvalue weighted by Crippen LogP contribution is 2.23. The number of rotatable bonds is 5. The van der Waals surface area contributed by atoms with Crippen molar-refractivity contribution in [2.24, 2.45) is 5.92 Å². The lowest BCUT2D eigenvalue weighted by atomic mass is 10.0. The summed E-state index contributed by atoms with van der Waals surface area (Å²) in [6, 6.07) is 3.33. The first-order valence-electron chi connectivity index (χ1n) is 6.09. The van der Waals surface area contributed by atoms with Gasteiger partial charge in [0.15, 0.2) is 0 Å². The van der Waals surface area contributed by atoms with E-state index in [0.717, 1.165) is 18.6 Å². The number of phenolic OH excluding ortho intramolecular Hbond substituents is 1. The van der Waals surface area contributed by atoms with Gasteiger partial charge in [0.2, 0.25) is 0 Å². The Balaban J connectivity index is 2.92. The summed E-state index contributed by atoms with van der Waals surface area (Å²) in [4.78, 5) is 22.2. The number of aromatic hydroxyl groups is 1. The molecule has 0 saturated carbocycles. The van der Waals surface area contributed by atoms with E-state index in [-0.39, 0.29) is 23.0 Å². The van der Waals surface area contributed by atoms with Crippen LogP contribution in [0.2, 0.25) is 0 Å². The number of amides is 1. The summed E-state index contributed by atoms with van der Waals surface area (Å²) in [7, 11) is 0. The van der Waals surface area contributed by atoms with Crippen LogP contribution >= 0.6 is 0 Å². The number of hydrogen-bond acceptors (Lipinski definition) is 4. The monoisotopic (exact) mass is 266 g/mol. The highest BCUT2D eigenvalue weighted by atomic mass is 16.6. The molecule has 1 unspecified atom stereocenters. The van der Waals surface area contributed by atoms with Crippen molar-refractivity contribution in [3.05, 3.63) is 33.9 Å².